The van der Waals surface area contributed by atoms with Gasteiger partial charge in [0.1, 0.15) is 0 Å². The Balaban J connectivity index is 3.44. The molecule has 0 saturated heterocycles. The lowest BCUT2D eigenvalue weighted by molar-refractivity contribution is -0.135. The molecule has 1 aromatic rings. The minimum atomic E-state index is -10.1. The first-order valence-corrected chi connectivity index (χ1v) is 6.48. The van der Waals surface area contributed by atoms with E-state index in [2.05, 4.69) is 4.74 Å². The molecule has 0 unspecified atom stereocenters. The second-order valence-corrected chi connectivity index (χ2v) is 5.76. The Morgan fingerprint density at radius 2 is 1.61 bits per heavy atom. The number of hydrogen-bond donors (Lipinski definition) is 0. The molecule has 0 atom stereocenters. The van der Waals surface area contributed by atoms with Crippen LogP contribution in [-0.2, 0) is 9.53 Å². The third kappa shape index (κ3) is 3.73. The highest BCUT2D eigenvalue weighted by Gasteiger charge is 2.70. The van der Waals surface area contributed by atoms with E-state index in [1.807, 2.05) is 0 Å². The Hall–Kier alpha value is -1.57. The van der Waals surface area contributed by atoms with Gasteiger partial charge in [0, 0.05) is 0 Å². The van der Waals surface area contributed by atoms with Crippen molar-refractivity contribution < 1.29 is 29.0 Å². The lowest BCUT2D eigenvalue weighted by atomic mass is 10.2. The molecule has 0 heterocycles. The number of halogens is 5. The Morgan fingerprint density at radius 1 is 1.11 bits per heavy atom. The van der Waals surface area contributed by atoms with Crippen LogP contribution >= 0.6 is 10.2 Å². The Bertz CT molecular complexity index is 492. The summed E-state index contributed by atoms with van der Waals surface area (Å²) in [5.74, 6) is -2.11. The Labute approximate surface area is 99.8 Å². The van der Waals surface area contributed by atoms with Gasteiger partial charge < -0.3 is 4.74 Å². The fourth-order valence-electron chi connectivity index (χ4n) is 1.13. The van der Waals surface area contributed by atoms with Crippen molar-refractivity contribution in [3.05, 3.63) is 40.8 Å². The zero-order valence-electron chi connectivity index (χ0n) is 9.08. The molecule has 0 radical (unpaired) electrons. The molecular formula is C10H9F5O2S. The maximum Gasteiger partial charge on any atom is 0.353 e. The predicted molar refractivity (Wildman–Crippen MR) is 59.6 cm³/mol. The molecule has 8 heteroatoms. The zero-order valence-corrected chi connectivity index (χ0v) is 9.90. The molecule has 0 bridgehead atoms. The second kappa shape index (κ2) is 3.71. The number of carbonyl (C=O) groups is 1. The highest BCUT2D eigenvalue weighted by Crippen LogP contribution is 3.02. The molecule has 0 N–H and O–H groups in total. The van der Waals surface area contributed by atoms with Crippen molar-refractivity contribution in [2.24, 2.45) is 0 Å². The van der Waals surface area contributed by atoms with Crippen LogP contribution in [0, 0.1) is 0 Å². The summed E-state index contributed by atoms with van der Waals surface area (Å²) in [4.78, 5) is 8.35. The van der Waals surface area contributed by atoms with Crippen LogP contribution in [0.2, 0.25) is 0 Å². The Morgan fingerprint density at radius 3 is 2.00 bits per heavy atom. The number of methoxy groups -OCH3 is 1. The quantitative estimate of drug-likeness (QED) is 0.465. The topological polar surface area (TPSA) is 26.3 Å². The van der Waals surface area contributed by atoms with Crippen LogP contribution in [0.3, 0.4) is 0 Å². The van der Waals surface area contributed by atoms with Crippen molar-refractivity contribution >= 4 is 22.3 Å². The average Bonchev–Trinajstić information content (AvgIpc) is 2.23. The molecule has 18 heavy (non-hydrogen) atoms. The molecule has 0 fully saturated rings. The molecule has 2 nitrogen and oxygen atoms in total. The van der Waals surface area contributed by atoms with Gasteiger partial charge in [-0.25, -0.2) is 4.79 Å². The Kier molecular flexibility index (Phi) is 2.99. The van der Waals surface area contributed by atoms with Gasteiger partial charge in [-0.3, -0.25) is 0 Å². The molecule has 1 aromatic carbocycles. The molecule has 0 spiro atoms. The van der Waals surface area contributed by atoms with Crippen LogP contribution in [-0.4, -0.2) is 13.1 Å². The van der Waals surface area contributed by atoms with Gasteiger partial charge in [-0.2, -0.15) is 0 Å². The van der Waals surface area contributed by atoms with Gasteiger partial charge in [0.2, 0.25) is 0 Å². The van der Waals surface area contributed by atoms with Crippen LogP contribution in [0.25, 0.3) is 6.08 Å². The SMILES string of the molecule is COC(=O)/C(=C\c1ccccc1)S(F)(F)(F)(F)F. The van der Waals surface area contributed by atoms with E-state index in [4.69, 9.17) is 0 Å². The van der Waals surface area contributed by atoms with E-state index in [-0.39, 0.29) is 11.6 Å². The fraction of sp³-hybridized carbons (Fsp3) is 0.100. The molecule has 0 amide bonds. The lowest BCUT2D eigenvalue weighted by Crippen LogP contribution is -2.18. The summed E-state index contributed by atoms with van der Waals surface area (Å²) < 4.78 is 66.9. The van der Waals surface area contributed by atoms with E-state index in [0.717, 1.165) is 12.1 Å². The van der Waals surface area contributed by atoms with Crippen LogP contribution in [0.4, 0.5) is 19.4 Å². The molecule has 0 aromatic heterocycles. The van der Waals surface area contributed by atoms with Gasteiger partial charge in [0.25, 0.3) is 0 Å². The lowest BCUT2D eigenvalue weighted by Gasteiger charge is -2.40. The summed E-state index contributed by atoms with van der Waals surface area (Å²) in [6.07, 6.45) is 0.0768. The van der Waals surface area contributed by atoms with Crippen molar-refractivity contribution in [1.29, 1.82) is 0 Å². The van der Waals surface area contributed by atoms with E-state index in [1.54, 1.807) is 0 Å². The first-order chi connectivity index (χ1) is 7.94. The summed E-state index contributed by atoms with van der Waals surface area (Å²) in [6.45, 7) is 0. The highest BCUT2D eigenvalue weighted by molar-refractivity contribution is 8.49. The molecular weight excluding hydrogens is 279 g/mol. The number of esters is 1. The highest BCUT2D eigenvalue weighted by atomic mass is 32.5. The van der Waals surface area contributed by atoms with Crippen LogP contribution in [0.15, 0.2) is 35.2 Å². The maximum absolute atomic E-state index is 12.6. The van der Waals surface area contributed by atoms with Crippen LogP contribution in [0.5, 0.6) is 0 Å². The van der Waals surface area contributed by atoms with Crippen molar-refractivity contribution in [1.82, 2.24) is 0 Å². The molecule has 102 valence electrons. The van der Waals surface area contributed by atoms with Gasteiger partial charge in [-0.15, -0.1) is 0 Å². The number of carbonyl (C=O) groups excluding carboxylic acids is 1. The standard InChI is InChI=1S/C10H9F5O2S/c1-17-10(16)9(18(11,12,13,14)15)7-8-5-3-2-4-6-8/h2-7H,1H3/b9-7+. The van der Waals surface area contributed by atoms with E-state index in [1.165, 1.54) is 18.2 Å². The van der Waals surface area contributed by atoms with Gasteiger partial charge in [-0.05, 0) is 11.6 Å². The maximum atomic E-state index is 12.6. The molecule has 1 rings (SSSR count). The van der Waals surface area contributed by atoms with Gasteiger partial charge in [0.05, 0.1) is 7.11 Å². The van der Waals surface area contributed by atoms with E-state index in [9.17, 15) is 24.2 Å². The molecule has 0 aliphatic carbocycles. The number of ether oxygens (including phenoxy) is 1. The fourth-order valence-corrected chi connectivity index (χ4v) is 1.89. The third-order valence-electron chi connectivity index (χ3n) is 1.90. The number of benzene rings is 1. The van der Waals surface area contributed by atoms with E-state index < -0.39 is 21.1 Å². The van der Waals surface area contributed by atoms with Crippen molar-refractivity contribution in [3.63, 3.8) is 0 Å². The van der Waals surface area contributed by atoms with Gasteiger partial charge in [0.15, 0.2) is 4.91 Å². The molecule has 0 saturated carbocycles. The monoisotopic (exact) mass is 288 g/mol. The first-order valence-electron chi connectivity index (χ1n) is 4.53. The second-order valence-electron chi connectivity index (χ2n) is 3.38. The van der Waals surface area contributed by atoms with Crippen LogP contribution < -0.4 is 0 Å². The minimum Gasteiger partial charge on any atom is -0.465 e. The van der Waals surface area contributed by atoms with E-state index >= 15 is 0 Å². The number of hydrogen-bond acceptors (Lipinski definition) is 2. The van der Waals surface area contributed by atoms with Crippen molar-refractivity contribution in [2.75, 3.05) is 7.11 Å². The van der Waals surface area contributed by atoms with Crippen molar-refractivity contribution in [3.8, 4) is 0 Å². The van der Waals surface area contributed by atoms with Crippen molar-refractivity contribution in [2.45, 2.75) is 0 Å². The average molecular weight is 288 g/mol. The summed E-state index contributed by atoms with van der Waals surface area (Å²) in [5.41, 5.74) is -0.175. The van der Waals surface area contributed by atoms with Gasteiger partial charge in [-0.1, -0.05) is 49.8 Å². The van der Waals surface area contributed by atoms with Gasteiger partial charge >= 0.3 is 16.2 Å². The zero-order chi connectivity index (χ0) is 14.1. The minimum absolute atomic E-state index is 0.0768. The first kappa shape index (κ1) is 14.5. The summed E-state index contributed by atoms with van der Waals surface area (Å²) in [6, 6.07) is 6.52. The third-order valence-corrected chi connectivity index (χ3v) is 3.02. The summed E-state index contributed by atoms with van der Waals surface area (Å²) >= 11 is 0. The molecule has 0 aliphatic heterocycles. The molecule has 0 aliphatic rings. The number of rotatable bonds is 3. The summed E-state index contributed by atoms with van der Waals surface area (Å²) in [5, 5.41) is 0. The largest absolute Gasteiger partial charge is 0.465 e. The normalized spacial score (nSPS) is 16.7. The summed E-state index contributed by atoms with van der Waals surface area (Å²) in [7, 11) is -9.48. The predicted octanol–water partition coefficient (Wildman–Crippen LogP) is 4.50. The van der Waals surface area contributed by atoms with Crippen LogP contribution in [0.1, 0.15) is 5.56 Å². The smallest absolute Gasteiger partial charge is 0.353 e. The van der Waals surface area contributed by atoms with E-state index in [0.29, 0.717) is 7.11 Å².